The quantitative estimate of drug-likeness (QED) is 0.367. The fraction of sp³-hybridized carbons (Fsp3) is 0. The minimum Gasteiger partial charge on any atom is -0.791 e. The molecule has 1 radical (unpaired) electrons. The average Bonchev–Trinajstić information content (AvgIpc) is 2.44. The van der Waals surface area contributed by atoms with Crippen LogP contribution in [0.1, 0.15) is 0 Å². The van der Waals surface area contributed by atoms with Gasteiger partial charge in [-0.3, -0.25) is 9.59 Å². The van der Waals surface area contributed by atoms with Crippen molar-refractivity contribution in [3.8, 4) is 0 Å². The zero-order valence-electron chi connectivity index (χ0n) is 10.0. The summed E-state index contributed by atoms with van der Waals surface area (Å²) in [5.41, 5.74) is -0.292. The van der Waals surface area contributed by atoms with Crippen LogP contribution in [0, 0.1) is 10.4 Å². The summed E-state index contributed by atoms with van der Waals surface area (Å²) in [4.78, 5) is 21.3. The molecule has 2 aliphatic carbocycles. The zero-order chi connectivity index (χ0) is 15.1. The third-order valence-electron chi connectivity index (χ3n) is 2.04. The number of halogens is 2. The molecule has 0 spiro atoms. The summed E-state index contributed by atoms with van der Waals surface area (Å²) in [5.74, 6) is -0.807. The topological polar surface area (TPSA) is 105 Å². The largest absolute Gasteiger partial charge is 0.791 e. The molecule has 0 saturated carbocycles. The molecule has 115 valence electrons. The zero-order valence-corrected chi connectivity index (χ0v) is 12.5. The Balaban J connectivity index is 0.000000364. The minimum atomic E-state index is -0.403. The number of nitrogens with zero attached hydrogens (tertiary/aromatic N) is 2. The van der Waals surface area contributed by atoms with Crippen LogP contribution in [0.2, 0.25) is 0 Å². The molecule has 2 rings (SSSR count). The molecule has 0 aromatic heterocycles. The first-order chi connectivity index (χ1) is 9.47. The third kappa shape index (κ3) is 6.10. The summed E-state index contributed by atoms with van der Waals surface area (Å²) in [6, 6.07) is 0. The maximum atomic E-state index is 10.7. The van der Waals surface area contributed by atoms with Gasteiger partial charge in [0.15, 0.2) is 0 Å². The van der Waals surface area contributed by atoms with E-state index in [0.717, 1.165) is 0 Å². The van der Waals surface area contributed by atoms with Crippen LogP contribution in [0.4, 0.5) is 0 Å². The van der Waals surface area contributed by atoms with E-state index >= 15 is 0 Å². The van der Waals surface area contributed by atoms with Gasteiger partial charge in [-0.05, 0) is 36.5 Å². The van der Waals surface area contributed by atoms with Crippen molar-refractivity contribution in [2.45, 2.75) is 0 Å². The fourth-order valence-corrected chi connectivity index (χ4v) is 1.46. The normalized spacial score (nSPS) is 20.5. The maximum absolute atomic E-state index is 10.7. The van der Waals surface area contributed by atoms with Gasteiger partial charge in [-0.2, -0.15) is 0 Å². The van der Waals surface area contributed by atoms with E-state index in [4.69, 9.17) is 23.2 Å². The molecule has 0 atom stereocenters. The molecule has 21 heavy (non-hydrogen) atoms. The van der Waals surface area contributed by atoms with Crippen LogP contribution < -0.4 is 0 Å². The van der Waals surface area contributed by atoms with Crippen LogP contribution in [0.5, 0.6) is 0 Å². The molecule has 0 heterocycles. The molecular weight excluding hydrogens is 371 g/mol. The first-order valence-corrected chi connectivity index (χ1v) is 5.83. The van der Waals surface area contributed by atoms with Crippen molar-refractivity contribution < 1.29 is 26.7 Å². The average molecular weight is 377 g/mol. The monoisotopic (exact) mass is 375 g/mol. The molecule has 0 fully saturated rings. The van der Waals surface area contributed by atoms with Crippen LogP contribution >= 0.6 is 23.2 Å². The molecule has 0 N–H and O–H groups in total. The van der Waals surface area contributed by atoms with E-state index in [1.165, 1.54) is 36.5 Å². The minimum absolute atomic E-state index is 0. The number of carbonyl (C=O) groups is 2. The molecule has 0 bridgehead atoms. The summed E-state index contributed by atoms with van der Waals surface area (Å²) in [7, 11) is 0. The van der Waals surface area contributed by atoms with Gasteiger partial charge in [0.2, 0.25) is 11.6 Å². The van der Waals surface area contributed by atoms with E-state index < -0.39 is 11.6 Å². The molecule has 0 unspecified atom stereocenters. The molecule has 9 heteroatoms. The number of ketones is 2. The number of hydrogen-bond acceptors (Lipinski definition) is 6. The Hall–Kier alpha value is -1.66. The molecule has 0 saturated heterocycles. The van der Waals surface area contributed by atoms with Crippen molar-refractivity contribution in [1.82, 2.24) is 0 Å². The fourth-order valence-electron chi connectivity index (χ4n) is 1.12. The summed E-state index contributed by atoms with van der Waals surface area (Å²) in [6.07, 6.45) is 7.71. The van der Waals surface area contributed by atoms with Gasteiger partial charge >= 0.3 is 0 Å². The van der Waals surface area contributed by atoms with Crippen molar-refractivity contribution >= 4 is 46.2 Å². The molecule has 0 aromatic rings. The summed E-state index contributed by atoms with van der Waals surface area (Å²) < 4.78 is 0. The molecule has 2 aliphatic rings. The van der Waals surface area contributed by atoms with E-state index in [0.29, 0.717) is 10.1 Å². The van der Waals surface area contributed by atoms with Crippen molar-refractivity contribution in [1.29, 1.82) is 0 Å². The van der Waals surface area contributed by atoms with E-state index in [1.54, 1.807) is 0 Å². The standard InChI is InChI=1S/2C6H4ClNO2.Cu/c2*7-4-1-2-6(9)5(3-4)8-10;/h2*1-3,10H;/p-2/b2*8-5+;. The van der Waals surface area contributed by atoms with Gasteiger partial charge in [-0.1, -0.05) is 23.2 Å². The summed E-state index contributed by atoms with van der Waals surface area (Å²) >= 11 is 10.9. The van der Waals surface area contributed by atoms with Gasteiger partial charge in [0.05, 0.1) is 0 Å². The number of rotatable bonds is 0. The van der Waals surface area contributed by atoms with Gasteiger partial charge in [-0.15, -0.1) is 0 Å². The molecule has 0 aromatic carbocycles. The van der Waals surface area contributed by atoms with Crippen LogP contribution in [0.25, 0.3) is 0 Å². The van der Waals surface area contributed by atoms with E-state index in [2.05, 4.69) is 10.3 Å². The molecule has 0 aliphatic heterocycles. The summed E-state index contributed by atoms with van der Waals surface area (Å²) in [6.45, 7) is 0. The Bertz CT molecular complexity index is 565. The van der Waals surface area contributed by atoms with Crippen LogP contribution in [0.3, 0.4) is 0 Å². The first kappa shape index (κ1) is 19.3. The van der Waals surface area contributed by atoms with Crippen molar-refractivity contribution in [3.63, 3.8) is 0 Å². The van der Waals surface area contributed by atoms with Gasteiger partial charge in [-0.25, -0.2) is 0 Å². The molecular formula is C12H6Cl2CuN2O4-2. The van der Waals surface area contributed by atoms with E-state index in [-0.39, 0.29) is 28.5 Å². The van der Waals surface area contributed by atoms with Crippen LogP contribution in [0.15, 0.2) is 56.8 Å². The predicted octanol–water partition coefficient (Wildman–Crippen LogP) is 2.37. The second kappa shape index (κ2) is 9.31. The van der Waals surface area contributed by atoms with Crippen LogP contribution in [-0.2, 0) is 26.7 Å². The summed E-state index contributed by atoms with van der Waals surface area (Å²) in [5, 5.41) is 25.4. The number of allylic oxidation sites excluding steroid dienone is 8. The SMILES string of the molecule is O=C1C=CC(Cl)=C/C1=N\[O-].O=C1C=CC(Cl)=C/C1=N\[O-].[Cu]. The van der Waals surface area contributed by atoms with Crippen molar-refractivity contribution in [2.75, 3.05) is 0 Å². The second-order valence-corrected chi connectivity index (χ2v) is 4.28. The van der Waals surface area contributed by atoms with Crippen molar-refractivity contribution in [3.05, 3.63) is 56.9 Å². The van der Waals surface area contributed by atoms with Gasteiger partial charge < -0.3 is 20.7 Å². The first-order valence-electron chi connectivity index (χ1n) is 5.07. The smallest absolute Gasteiger partial charge is 0.203 e. The maximum Gasteiger partial charge on any atom is 0.203 e. The van der Waals surface area contributed by atoms with Crippen molar-refractivity contribution in [2.24, 2.45) is 10.3 Å². The Labute approximate surface area is 140 Å². The second-order valence-electron chi connectivity index (χ2n) is 3.41. The Kier molecular flexibility index (Phi) is 8.57. The van der Waals surface area contributed by atoms with Crippen LogP contribution in [-0.4, -0.2) is 23.0 Å². The number of hydrogen-bond donors (Lipinski definition) is 0. The van der Waals surface area contributed by atoms with Gasteiger partial charge in [0.1, 0.15) is 11.4 Å². The molecule has 6 nitrogen and oxygen atoms in total. The van der Waals surface area contributed by atoms with Gasteiger partial charge in [0, 0.05) is 27.1 Å². The Morgan fingerprint density at radius 3 is 1.33 bits per heavy atom. The predicted molar refractivity (Wildman–Crippen MR) is 77.8 cm³/mol. The van der Waals surface area contributed by atoms with Gasteiger partial charge in [0.25, 0.3) is 0 Å². The number of carbonyl (C=O) groups excluding carboxylic acids is 2. The van der Waals surface area contributed by atoms with E-state index in [9.17, 15) is 20.0 Å². The third-order valence-corrected chi connectivity index (χ3v) is 2.51. The Morgan fingerprint density at radius 2 is 1.10 bits per heavy atom. The molecule has 0 amide bonds. The Morgan fingerprint density at radius 1 is 0.762 bits per heavy atom. The van der Waals surface area contributed by atoms with E-state index in [1.807, 2.05) is 0 Å².